The third kappa shape index (κ3) is 2.11. The first kappa shape index (κ1) is 9.81. The Balaban J connectivity index is 3.04. The van der Waals surface area contributed by atoms with Gasteiger partial charge < -0.3 is 10.8 Å². The summed E-state index contributed by atoms with van der Waals surface area (Å²) in [5, 5.41) is 9.87. The Labute approximate surface area is 80.9 Å². The summed E-state index contributed by atoms with van der Waals surface area (Å²) in [7, 11) is 0. The Hall–Kier alpha value is -0.280. The highest BCUT2D eigenvalue weighted by molar-refractivity contribution is 6.33. The second-order valence-corrected chi connectivity index (χ2v) is 3.30. The third-order valence-electron chi connectivity index (χ3n) is 1.55. The van der Waals surface area contributed by atoms with Gasteiger partial charge in [0.05, 0.1) is 12.6 Å². The van der Waals surface area contributed by atoms with Gasteiger partial charge in [0.15, 0.2) is 0 Å². The van der Waals surface area contributed by atoms with E-state index in [1.165, 1.54) is 0 Å². The summed E-state index contributed by atoms with van der Waals surface area (Å²) < 4.78 is 0. The fourth-order valence-corrected chi connectivity index (χ4v) is 1.34. The molecule has 0 spiro atoms. The van der Waals surface area contributed by atoms with Crippen LogP contribution in [0.5, 0.6) is 0 Å². The lowest BCUT2D eigenvalue weighted by molar-refractivity contribution is 0.268. The van der Waals surface area contributed by atoms with Crippen molar-refractivity contribution < 1.29 is 5.11 Å². The molecule has 3 N–H and O–H groups in total. The summed E-state index contributed by atoms with van der Waals surface area (Å²) in [4.78, 5) is 0. The van der Waals surface area contributed by atoms with E-state index in [1.54, 1.807) is 18.2 Å². The van der Waals surface area contributed by atoms with E-state index in [-0.39, 0.29) is 6.61 Å². The van der Waals surface area contributed by atoms with Crippen LogP contribution in [0.25, 0.3) is 0 Å². The molecule has 0 unspecified atom stereocenters. The van der Waals surface area contributed by atoms with Crippen LogP contribution in [0, 0.1) is 0 Å². The van der Waals surface area contributed by atoms with Crippen molar-refractivity contribution in [1.29, 1.82) is 0 Å². The van der Waals surface area contributed by atoms with E-state index in [9.17, 15) is 0 Å². The lowest BCUT2D eigenvalue weighted by Crippen LogP contribution is -2.14. The Morgan fingerprint density at radius 2 is 2.08 bits per heavy atom. The minimum absolute atomic E-state index is 0.139. The van der Waals surface area contributed by atoms with Gasteiger partial charge in [-0.1, -0.05) is 23.2 Å². The minimum atomic E-state index is -0.462. The molecule has 0 aliphatic heterocycles. The molecule has 4 heteroatoms. The molecule has 0 amide bonds. The van der Waals surface area contributed by atoms with Crippen LogP contribution in [0.15, 0.2) is 18.2 Å². The highest BCUT2D eigenvalue weighted by Gasteiger charge is 2.08. The Kier molecular flexibility index (Phi) is 3.35. The summed E-state index contributed by atoms with van der Waals surface area (Å²) in [5.74, 6) is 0. The number of halogens is 2. The smallest absolute Gasteiger partial charge is 0.0624 e. The van der Waals surface area contributed by atoms with E-state index < -0.39 is 6.04 Å². The first-order valence-corrected chi connectivity index (χ1v) is 4.22. The quantitative estimate of drug-likeness (QED) is 0.777. The molecule has 0 aliphatic rings. The predicted molar refractivity (Wildman–Crippen MR) is 50.5 cm³/mol. The molecule has 0 aliphatic carbocycles. The standard InChI is InChI=1S/C8H9Cl2NO/c9-5-1-2-7(10)6(3-5)8(11)4-12/h1-3,8,12H,4,11H2/t8-/m1/s1. The average Bonchev–Trinajstić information content (AvgIpc) is 2.08. The van der Waals surface area contributed by atoms with Crippen LogP contribution in [-0.2, 0) is 0 Å². The third-order valence-corrected chi connectivity index (χ3v) is 2.13. The average molecular weight is 206 g/mol. The minimum Gasteiger partial charge on any atom is -0.394 e. The van der Waals surface area contributed by atoms with Crippen molar-refractivity contribution in [2.45, 2.75) is 6.04 Å². The molecule has 1 aromatic carbocycles. The first-order chi connectivity index (χ1) is 5.65. The van der Waals surface area contributed by atoms with Gasteiger partial charge in [0, 0.05) is 10.0 Å². The zero-order chi connectivity index (χ0) is 9.14. The van der Waals surface area contributed by atoms with Crippen molar-refractivity contribution in [3.8, 4) is 0 Å². The highest BCUT2D eigenvalue weighted by Crippen LogP contribution is 2.24. The van der Waals surface area contributed by atoms with Gasteiger partial charge in [-0.05, 0) is 23.8 Å². The lowest BCUT2D eigenvalue weighted by atomic mass is 10.1. The Morgan fingerprint density at radius 3 is 2.67 bits per heavy atom. The first-order valence-electron chi connectivity index (χ1n) is 3.46. The van der Waals surface area contributed by atoms with Crippen molar-refractivity contribution >= 4 is 23.2 Å². The maximum Gasteiger partial charge on any atom is 0.0624 e. The molecule has 12 heavy (non-hydrogen) atoms. The van der Waals surface area contributed by atoms with Crippen molar-refractivity contribution in [1.82, 2.24) is 0 Å². The van der Waals surface area contributed by atoms with Gasteiger partial charge in [-0.2, -0.15) is 0 Å². The van der Waals surface area contributed by atoms with Crippen molar-refractivity contribution in [2.24, 2.45) is 5.73 Å². The van der Waals surface area contributed by atoms with Crippen LogP contribution >= 0.6 is 23.2 Å². The number of rotatable bonds is 2. The predicted octanol–water partition coefficient (Wildman–Crippen LogP) is 1.99. The van der Waals surface area contributed by atoms with Crippen LogP contribution < -0.4 is 5.73 Å². The van der Waals surface area contributed by atoms with Gasteiger partial charge in [0.2, 0.25) is 0 Å². The van der Waals surface area contributed by atoms with Gasteiger partial charge in [0.25, 0.3) is 0 Å². The molecule has 0 bridgehead atoms. The van der Waals surface area contributed by atoms with Crippen LogP contribution in [0.2, 0.25) is 10.0 Å². The molecule has 1 atom stereocenters. The summed E-state index contributed by atoms with van der Waals surface area (Å²) in [6.45, 7) is -0.139. The summed E-state index contributed by atoms with van der Waals surface area (Å²) in [6.07, 6.45) is 0. The van der Waals surface area contributed by atoms with Crippen LogP contribution in [0.1, 0.15) is 11.6 Å². The normalized spacial score (nSPS) is 13.0. The summed E-state index contributed by atoms with van der Waals surface area (Å²) in [5.41, 5.74) is 6.24. The van der Waals surface area contributed by atoms with Crippen LogP contribution in [0.3, 0.4) is 0 Å². The van der Waals surface area contributed by atoms with Crippen molar-refractivity contribution in [2.75, 3.05) is 6.61 Å². The van der Waals surface area contributed by atoms with Gasteiger partial charge in [-0.15, -0.1) is 0 Å². The molecule has 66 valence electrons. The molecule has 0 saturated carbocycles. The number of aliphatic hydroxyl groups is 1. The second kappa shape index (κ2) is 4.10. The number of nitrogens with two attached hydrogens (primary N) is 1. The number of benzene rings is 1. The SMILES string of the molecule is N[C@H](CO)c1cc(Cl)ccc1Cl. The van der Waals surface area contributed by atoms with E-state index in [4.69, 9.17) is 34.0 Å². The van der Waals surface area contributed by atoms with E-state index >= 15 is 0 Å². The largest absolute Gasteiger partial charge is 0.394 e. The molecule has 0 fully saturated rings. The fourth-order valence-electron chi connectivity index (χ4n) is 0.897. The van der Waals surface area contributed by atoms with Crippen LogP contribution in [0.4, 0.5) is 0 Å². The Morgan fingerprint density at radius 1 is 1.42 bits per heavy atom. The van der Waals surface area contributed by atoms with Gasteiger partial charge in [0.1, 0.15) is 0 Å². The monoisotopic (exact) mass is 205 g/mol. The van der Waals surface area contributed by atoms with E-state index in [0.717, 1.165) is 0 Å². The van der Waals surface area contributed by atoms with Crippen molar-refractivity contribution in [3.63, 3.8) is 0 Å². The zero-order valence-corrected chi connectivity index (χ0v) is 7.81. The topological polar surface area (TPSA) is 46.2 Å². The molecule has 1 aromatic rings. The van der Waals surface area contributed by atoms with Gasteiger partial charge in [-0.3, -0.25) is 0 Å². The Bertz CT molecular complexity index is 278. The number of aliphatic hydroxyl groups excluding tert-OH is 1. The molecule has 2 nitrogen and oxygen atoms in total. The molecule has 0 radical (unpaired) electrons. The van der Waals surface area contributed by atoms with Gasteiger partial charge in [-0.25, -0.2) is 0 Å². The van der Waals surface area contributed by atoms with Gasteiger partial charge >= 0.3 is 0 Å². The summed E-state index contributed by atoms with van der Waals surface area (Å²) in [6, 6.07) is 4.54. The molecule has 0 saturated heterocycles. The molecular formula is C8H9Cl2NO. The van der Waals surface area contributed by atoms with E-state index in [0.29, 0.717) is 15.6 Å². The maximum atomic E-state index is 8.78. The molecule has 1 rings (SSSR count). The molecular weight excluding hydrogens is 197 g/mol. The van der Waals surface area contributed by atoms with Crippen LogP contribution in [-0.4, -0.2) is 11.7 Å². The zero-order valence-electron chi connectivity index (χ0n) is 6.30. The van der Waals surface area contributed by atoms with E-state index in [2.05, 4.69) is 0 Å². The second-order valence-electron chi connectivity index (χ2n) is 2.45. The van der Waals surface area contributed by atoms with Crippen molar-refractivity contribution in [3.05, 3.63) is 33.8 Å². The number of hydrogen-bond donors (Lipinski definition) is 2. The molecule has 0 heterocycles. The maximum absolute atomic E-state index is 8.78. The molecule has 0 aromatic heterocycles. The highest BCUT2D eigenvalue weighted by atomic mass is 35.5. The van der Waals surface area contributed by atoms with E-state index in [1.807, 2.05) is 0 Å². The lowest BCUT2D eigenvalue weighted by Gasteiger charge is -2.10. The number of hydrogen-bond acceptors (Lipinski definition) is 2. The fraction of sp³-hybridized carbons (Fsp3) is 0.250. The summed E-state index contributed by atoms with van der Waals surface area (Å²) >= 11 is 11.5.